The number of carbonyl (C=O) groups is 3. The van der Waals surface area contributed by atoms with E-state index in [2.05, 4.69) is 0 Å². The minimum atomic E-state index is -0.554. The molecule has 1 aliphatic heterocycles. The molecule has 0 aromatic heterocycles. The van der Waals surface area contributed by atoms with E-state index >= 15 is 0 Å². The molecule has 0 fully saturated rings. The molecule has 1 heterocycles. The predicted octanol–water partition coefficient (Wildman–Crippen LogP) is 2.40. The Bertz CT molecular complexity index is 911. The van der Waals surface area contributed by atoms with Gasteiger partial charge in [-0.3, -0.25) is 14.4 Å². The van der Waals surface area contributed by atoms with Gasteiger partial charge in [-0.05, 0) is 34.4 Å². The Hall–Kier alpha value is -3.21. The lowest BCUT2D eigenvalue weighted by Gasteiger charge is -2.17. The number of esters is 1. The van der Waals surface area contributed by atoms with Gasteiger partial charge in [0.2, 0.25) is 0 Å². The van der Waals surface area contributed by atoms with Gasteiger partial charge in [-0.15, -0.1) is 0 Å². The van der Waals surface area contributed by atoms with Crippen molar-refractivity contribution < 1.29 is 19.1 Å². The molecule has 4 rings (SSSR count). The van der Waals surface area contributed by atoms with E-state index in [1.54, 1.807) is 12.1 Å². The fourth-order valence-electron chi connectivity index (χ4n) is 3.36. The summed E-state index contributed by atoms with van der Waals surface area (Å²) in [6.07, 6.45) is 2.48. The van der Waals surface area contributed by atoms with Gasteiger partial charge in [0.15, 0.2) is 0 Å². The van der Waals surface area contributed by atoms with Crippen LogP contribution < -0.4 is 4.90 Å². The minimum absolute atomic E-state index is 0.365. The summed E-state index contributed by atoms with van der Waals surface area (Å²) < 4.78 is 4.96. The van der Waals surface area contributed by atoms with Crippen molar-refractivity contribution in [3.8, 4) is 11.1 Å². The zero-order valence-electron chi connectivity index (χ0n) is 12.9. The molecule has 2 aromatic rings. The summed E-state index contributed by atoms with van der Waals surface area (Å²) in [5.74, 6) is -1.69. The van der Waals surface area contributed by atoms with Crippen molar-refractivity contribution in [3.05, 3.63) is 65.7 Å². The maximum atomic E-state index is 12.3. The number of imide groups is 1. The van der Waals surface area contributed by atoms with Crippen LogP contribution in [0.5, 0.6) is 0 Å². The lowest BCUT2D eigenvalue weighted by atomic mass is 9.96. The van der Waals surface area contributed by atoms with E-state index in [9.17, 15) is 14.4 Å². The number of rotatable bonds is 2. The molecule has 0 spiro atoms. The zero-order valence-corrected chi connectivity index (χ0v) is 12.9. The number of benzene rings is 2. The maximum Gasteiger partial charge on any atom is 0.317 e. The van der Waals surface area contributed by atoms with Crippen LogP contribution in [0.15, 0.2) is 54.6 Å². The Balaban J connectivity index is 1.88. The Morgan fingerprint density at radius 1 is 0.958 bits per heavy atom. The molecule has 2 aromatic carbocycles. The SMILES string of the molecule is COC(=O)[C@H]1c2ccccc2-c2ccc(N3C(=O)C=CC3=O)cc21. The van der Waals surface area contributed by atoms with Crippen LogP contribution in [0.4, 0.5) is 5.69 Å². The van der Waals surface area contributed by atoms with Crippen molar-refractivity contribution in [2.45, 2.75) is 5.92 Å². The van der Waals surface area contributed by atoms with Gasteiger partial charge >= 0.3 is 5.97 Å². The lowest BCUT2D eigenvalue weighted by Crippen LogP contribution is -2.29. The molecule has 5 heteroatoms. The van der Waals surface area contributed by atoms with Crippen LogP contribution in [0.25, 0.3) is 11.1 Å². The van der Waals surface area contributed by atoms with Crippen molar-refractivity contribution in [2.75, 3.05) is 12.0 Å². The van der Waals surface area contributed by atoms with Crippen LogP contribution in [-0.2, 0) is 19.1 Å². The van der Waals surface area contributed by atoms with Gasteiger partial charge in [0.05, 0.1) is 12.8 Å². The first-order valence-corrected chi connectivity index (χ1v) is 7.49. The summed E-state index contributed by atoms with van der Waals surface area (Å²) in [5.41, 5.74) is 3.95. The minimum Gasteiger partial charge on any atom is -0.468 e. The van der Waals surface area contributed by atoms with Crippen LogP contribution in [0.2, 0.25) is 0 Å². The van der Waals surface area contributed by atoms with Crippen molar-refractivity contribution in [1.82, 2.24) is 0 Å². The summed E-state index contributed by atoms with van der Waals surface area (Å²) in [5, 5.41) is 0. The van der Waals surface area contributed by atoms with Crippen LogP contribution in [0.1, 0.15) is 17.0 Å². The molecule has 2 aliphatic rings. The fourth-order valence-corrected chi connectivity index (χ4v) is 3.36. The average molecular weight is 319 g/mol. The third-order valence-electron chi connectivity index (χ3n) is 4.41. The number of fused-ring (bicyclic) bond motifs is 3. The van der Waals surface area contributed by atoms with E-state index in [-0.39, 0.29) is 17.8 Å². The second kappa shape index (κ2) is 5.16. The Morgan fingerprint density at radius 2 is 1.62 bits per heavy atom. The molecule has 0 N–H and O–H groups in total. The van der Waals surface area contributed by atoms with Gasteiger partial charge in [-0.1, -0.05) is 30.3 Å². The largest absolute Gasteiger partial charge is 0.468 e. The molecule has 5 nitrogen and oxygen atoms in total. The number of ether oxygens (including phenoxy) is 1. The Kier molecular flexibility index (Phi) is 3.09. The predicted molar refractivity (Wildman–Crippen MR) is 87.4 cm³/mol. The van der Waals surface area contributed by atoms with E-state index in [0.717, 1.165) is 27.2 Å². The summed E-state index contributed by atoms with van der Waals surface area (Å²) >= 11 is 0. The monoisotopic (exact) mass is 319 g/mol. The Morgan fingerprint density at radius 3 is 2.33 bits per heavy atom. The number of amides is 2. The average Bonchev–Trinajstić information content (AvgIpc) is 3.10. The van der Waals surface area contributed by atoms with E-state index < -0.39 is 5.92 Å². The molecular weight excluding hydrogens is 306 g/mol. The molecule has 1 atom stereocenters. The van der Waals surface area contributed by atoms with Crippen LogP contribution in [0.3, 0.4) is 0 Å². The number of carbonyl (C=O) groups excluding carboxylic acids is 3. The van der Waals surface area contributed by atoms with E-state index in [0.29, 0.717) is 5.69 Å². The second-order valence-electron chi connectivity index (χ2n) is 5.66. The highest BCUT2D eigenvalue weighted by atomic mass is 16.5. The van der Waals surface area contributed by atoms with Gasteiger partial charge in [0, 0.05) is 12.2 Å². The van der Waals surface area contributed by atoms with Gasteiger partial charge in [-0.25, -0.2) is 4.90 Å². The normalized spacial score (nSPS) is 17.9. The zero-order chi connectivity index (χ0) is 16.8. The first kappa shape index (κ1) is 14.4. The fraction of sp³-hybridized carbons (Fsp3) is 0.105. The smallest absolute Gasteiger partial charge is 0.317 e. The second-order valence-corrected chi connectivity index (χ2v) is 5.66. The number of methoxy groups -OCH3 is 1. The number of nitrogens with zero attached hydrogens (tertiary/aromatic N) is 1. The first-order chi connectivity index (χ1) is 11.6. The van der Waals surface area contributed by atoms with Crippen LogP contribution in [-0.4, -0.2) is 24.9 Å². The van der Waals surface area contributed by atoms with Crippen LogP contribution in [0, 0.1) is 0 Å². The quantitative estimate of drug-likeness (QED) is 0.630. The molecule has 0 saturated heterocycles. The third kappa shape index (κ3) is 1.91. The molecule has 0 radical (unpaired) electrons. The molecule has 24 heavy (non-hydrogen) atoms. The van der Waals surface area contributed by atoms with Gasteiger partial charge in [0.25, 0.3) is 11.8 Å². The molecular formula is C19H13NO4. The summed E-state index contributed by atoms with van der Waals surface area (Å²) in [6.45, 7) is 0. The van der Waals surface area contributed by atoms with Gasteiger partial charge in [-0.2, -0.15) is 0 Å². The molecule has 0 bridgehead atoms. The molecule has 0 saturated carbocycles. The van der Waals surface area contributed by atoms with Crippen LogP contribution >= 0.6 is 0 Å². The third-order valence-corrected chi connectivity index (χ3v) is 4.41. The standard InChI is InChI=1S/C19H13NO4/c1-24-19(23)18-14-5-3-2-4-12(14)13-7-6-11(10-15(13)18)20-16(21)8-9-17(20)22/h2-10,18H,1H3/t18-/m0/s1. The van der Waals surface area contributed by atoms with E-state index in [1.165, 1.54) is 19.3 Å². The van der Waals surface area contributed by atoms with Crippen molar-refractivity contribution in [2.24, 2.45) is 0 Å². The van der Waals surface area contributed by atoms with Gasteiger partial charge in [0.1, 0.15) is 5.92 Å². The highest BCUT2D eigenvalue weighted by Gasteiger charge is 2.36. The van der Waals surface area contributed by atoms with Gasteiger partial charge < -0.3 is 4.74 Å². The number of hydrogen-bond donors (Lipinski definition) is 0. The molecule has 1 aliphatic carbocycles. The Labute approximate surface area is 138 Å². The summed E-state index contributed by atoms with van der Waals surface area (Å²) in [7, 11) is 1.35. The van der Waals surface area contributed by atoms with Crippen molar-refractivity contribution in [3.63, 3.8) is 0 Å². The number of hydrogen-bond acceptors (Lipinski definition) is 4. The molecule has 118 valence electrons. The topological polar surface area (TPSA) is 63.7 Å². The molecule has 2 amide bonds. The first-order valence-electron chi connectivity index (χ1n) is 7.49. The van der Waals surface area contributed by atoms with Crippen molar-refractivity contribution >= 4 is 23.5 Å². The van der Waals surface area contributed by atoms with Crippen molar-refractivity contribution in [1.29, 1.82) is 0 Å². The van der Waals surface area contributed by atoms with E-state index in [4.69, 9.17) is 4.74 Å². The molecule has 0 unspecified atom stereocenters. The maximum absolute atomic E-state index is 12.3. The summed E-state index contributed by atoms with van der Waals surface area (Å²) in [4.78, 5) is 37.2. The highest BCUT2D eigenvalue weighted by Crippen LogP contribution is 2.46. The van der Waals surface area contributed by atoms with E-state index in [1.807, 2.05) is 30.3 Å². The number of anilines is 1. The highest BCUT2D eigenvalue weighted by molar-refractivity contribution is 6.28. The summed E-state index contributed by atoms with van der Waals surface area (Å²) in [6, 6.07) is 12.9. The lowest BCUT2D eigenvalue weighted by molar-refractivity contribution is -0.141.